The van der Waals surface area contributed by atoms with Crippen LogP contribution in [0.2, 0.25) is 0 Å². The molecule has 138 valence electrons. The lowest BCUT2D eigenvalue weighted by atomic mass is 10.1. The normalized spacial score (nSPS) is 12.8. The van der Waals surface area contributed by atoms with Gasteiger partial charge in [0.1, 0.15) is 11.5 Å². The summed E-state index contributed by atoms with van der Waals surface area (Å²) >= 11 is 0. The molecule has 0 spiro atoms. The van der Waals surface area contributed by atoms with E-state index in [2.05, 4.69) is 0 Å². The molecule has 0 saturated carbocycles. The average Bonchev–Trinajstić information content (AvgIpc) is 2.93. The first kappa shape index (κ1) is 17.5. The van der Waals surface area contributed by atoms with Gasteiger partial charge in [0.2, 0.25) is 0 Å². The van der Waals surface area contributed by atoms with Crippen LogP contribution in [-0.4, -0.2) is 22.9 Å². The molecule has 0 unspecified atom stereocenters. The Hall–Kier alpha value is -3.93. The molecule has 0 atom stereocenters. The predicted molar refractivity (Wildman–Crippen MR) is 102 cm³/mol. The number of carboxylic acid groups (broad SMARTS) is 1. The van der Waals surface area contributed by atoms with E-state index >= 15 is 0 Å². The van der Waals surface area contributed by atoms with Crippen LogP contribution in [0.25, 0.3) is 0 Å². The highest BCUT2D eigenvalue weighted by atomic mass is 16.5. The molecule has 3 aromatic rings. The lowest BCUT2D eigenvalue weighted by Gasteiger charge is -2.14. The minimum absolute atomic E-state index is 0.0383. The van der Waals surface area contributed by atoms with Gasteiger partial charge < -0.3 is 9.84 Å². The second kappa shape index (κ2) is 6.66. The van der Waals surface area contributed by atoms with Crippen LogP contribution in [0.1, 0.15) is 36.6 Å². The van der Waals surface area contributed by atoms with Crippen molar-refractivity contribution in [1.29, 1.82) is 0 Å². The Labute approximate surface area is 160 Å². The smallest absolute Gasteiger partial charge is 0.335 e. The molecule has 6 heteroatoms. The highest BCUT2D eigenvalue weighted by molar-refractivity contribution is 6.34. The molecule has 3 aromatic carbocycles. The summed E-state index contributed by atoms with van der Waals surface area (Å²) < 4.78 is 5.78. The number of aryl methyl sites for hydroxylation is 1. The van der Waals surface area contributed by atoms with Gasteiger partial charge in [0.15, 0.2) is 0 Å². The molecule has 0 aromatic heterocycles. The number of hydrogen-bond donors (Lipinski definition) is 1. The Bertz CT molecular complexity index is 1120. The van der Waals surface area contributed by atoms with Gasteiger partial charge in [0, 0.05) is 0 Å². The van der Waals surface area contributed by atoms with Gasteiger partial charge >= 0.3 is 5.97 Å². The molecule has 6 nitrogen and oxygen atoms in total. The van der Waals surface area contributed by atoms with Crippen molar-refractivity contribution in [3.05, 3.63) is 89.0 Å². The summed E-state index contributed by atoms with van der Waals surface area (Å²) in [5.74, 6) is -0.923. The van der Waals surface area contributed by atoms with E-state index in [-0.39, 0.29) is 16.7 Å². The fourth-order valence-corrected chi connectivity index (χ4v) is 3.09. The first-order chi connectivity index (χ1) is 13.4. The lowest BCUT2D eigenvalue weighted by Crippen LogP contribution is -2.29. The number of carboxylic acids is 1. The number of amides is 2. The summed E-state index contributed by atoms with van der Waals surface area (Å²) in [6.45, 7) is 1.97. The largest absolute Gasteiger partial charge is 0.478 e. The maximum atomic E-state index is 12.7. The Morgan fingerprint density at radius 2 is 1.57 bits per heavy atom. The zero-order valence-corrected chi connectivity index (χ0v) is 14.9. The van der Waals surface area contributed by atoms with Gasteiger partial charge in [-0.15, -0.1) is 0 Å². The van der Waals surface area contributed by atoms with E-state index in [1.807, 2.05) is 31.2 Å². The van der Waals surface area contributed by atoms with Crippen LogP contribution in [0, 0.1) is 6.92 Å². The standard InChI is InChI=1S/C22H15NO5/c1-13-3-2-4-17(11-13)28-16-8-6-15(7-9-16)23-20(24)18-10-5-14(22(26)27)12-19(18)21(23)25/h2-12H,1H3,(H,26,27). The molecule has 2 amide bonds. The van der Waals surface area contributed by atoms with Crippen molar-refractivity contribution in [1.82, 2.24) is 0 Å². The van der Waals surface area contributed by atoms with Gasteiger partial charge in [-0.3, -0.25) is 9.59 Å². The van der Waals surface area contributed by atoms with E-state index in [0.29, 0.717) is 17.2 Å². The molecule has 0 aliphatic carbocycles. The number of fused-ring (bicyclic) bond motifs is 1. The number of rotatable bonds is 4. The summed E-state index contributed by atoms with van der Waals surface area (Å²) in [4.78, 5) is 37.5. The molecule has 4 rings (SSSR count). The number of carbonyl (C=O) groups is 3. The highest BCUT2D eigenvalue weighted by Gasteiger charge is 2.37. The molecule has 0 radical (unpaired) electrons. The summed E-state index contributed by atoms with van der Waals surface area (Å²) in [6, 6.07) is 18.1. The third kappa shape index (κ3) is 3.01. The minimum Gasteiger partial charge on any atom is -0.478 e. The van der Waals surface area contributed by atoms with Crippen molar-refractivity contribution < 1.29 is 24.2 Å². The van der Waals surface area contributed by atoms with E-state index in [1.54, 1.807) is 24.3 Å². The molecular weight excluding hydrogens is 358 g/mol. The van der Waals surface area contributed by atoms with Gasteiger partial charge in [0.05, 0.1) is 22.4 Å². The topological polar surface area (TPSA) is 83.9 Å². The van der Waals surface area contributed by atoms with Crippen molar-refractivity contribution in [2.75, 3.05) is 4.90 Å². The quantitative estimate of drug-likeness (QED) is 0.690. The Kier molecular flexibility index (Phi) is 4.16. The number of ether oxygens (including phenoxy) is 1. The van der Waals surface area contributed by atoms with Gasteiger partial charge in [-0.25, -0.2) is 9.69 Å². The number of aromatic carboxylic acids is 1. The van der Waals surface area contributed by atoms with Gasteiger partial charge in [-0.1, -0.05) is 12.1 Å². The fourth-order valence-electron chi connectivity index (χ4n) is 3.09. The molecule has 0 bridgehead atoms. The number of carbonyl (C=O) groups excluding carboxylic acids is 2. The molecule has 0 fully saturated rings. The molecule has 0 saturated heterocycles. The fraction of sp³-hybridized carbons (Fsp3) is 0.0455. The second-order valence-corrected chi connectivity index (χ2v) is 6.42. The third-order valence-electron chi connectivity index (χ3n) is 4.45. The van der Waals surface area contributed by atoms with Crippen LogP contribution in [0.15, 0.2) is 66.7 Å². The third-order valence-corrected chi connectivity index (χ3v) is 4.45. The molecule has 1 aliphatic heterocycles. The SMILES string of the molecule is Cc1cccc(Oc2ccc(N3C(=O)c4ccc(C(=O)O)cc4C3=O)cc2)c1. The van der Waals surface area contributed by atoms with Crippen molar-refractivity contribution in [3.8, 4) is 11.5 Å². The van der Waals surface area contributed by atoms with Gasteiger partial charge in [-0.2, -0.15) is 0 Å². The van der Waals surface area contributed by atoms with Crippen LogP contribution in [-0.2, 0) is 0 Å². The number of nitrogens with zero attached hydrogens (tertiary/aromatic N) is 1. The van der Waals surface area contributed by atoms with E-state index in [0.717, 1.165) is 10.5 Å². The number of hydrogen-bond acceptors (Lipinski definition) is 4. The van der Waals surface area contributed by atoms with Crippen molar-refractivity contribution >= 4 is 23.5 Å². The Morgan fingerprint density at radius 1 is 0.857 bits per heavy atom. The van der Waals surface area contributed by atoms with Crippen LogP contribution in [0.3, 0.4) is 0 Å². The molecular formula is C22H15NO5. The van der Waals surface area contributed by atoms with E-state index in [1.165, 1.54) is 18.2 Å². The number of anilines is 1. The summed E-state index contributed by atoms with van der Waals surface area (Å²) in [5.41, 5.74) is 1.70. The summed E-state index contributed by atoms with van der Waals surface area (Å²) in [5, 5.41) is 9.10. The first-order valence-corrected chi connectivity index (χ1v) is 8.55. The predicted octanol–water partition coefficient (Wildman–Crippen LogP) is 4.29. The maximum Gasteiger partial charge on any atom is 0.335 e. The highest BCUT2D eigenvalue weighted by Crippen LogP contribution is 2.31. The lowest BCUT2D eigenvalue weighted by molar-refractivity contribution is 0.0696. The molecule has 28 heavy (non-hydrogen) atoms. The monoisotopic (exact) mass is 373 g/mol. The Morgan fingerprint density at radius 3 is 2.25 bits per heavy atom. The van der Waals surface area contributed by atoms with Gasteiger partial charge in [-0.05, 0) is 67.1 Å². The number of benzene rings is 3. The second-order valence-electron chi connectivity index (χ2n) is 6.42. The van der Waals surface area contributed by atoms with Crippen LogP contribution in [0.5, 0.6) is 11.5 Å². The molecule has 1 aliphatic rings. The Balaban J connectivity index is 1.60. The van der Waals surface area contributed by atoms with Crippen molar-refractivity contribution in [2.45, 2.75) is 6.92 Å². The zero-order valence-electron chi connectivity index (χ0n) is 14.9. The summed E-state index contributed by atoms with van der Waals surface area (Å²) in [6.07, 6.45) is 0. The average molecular weight is 373 g/mol. The van der Waals surface area contributed by atoms with Gasteiger partial charge in [0.25, 0.3) is 11.8 Å². The van der Waals surface area contributed by atoms with Crippen molar-refractivity contribution in [2.24, 2.45) is 0 Å². The van der Waals surface area contributed by atoms with E-state index in [4.69, 9.17) is 9.84 Å². The summed E-state index contributed by atoms with van der Waals surface area (Å²) in [7, 11) is 0. The maximum absolute atomic E-state index is 12.7. The first-order valence-electron chi connectivity index (χ1n) is 8.55. The van der Waals surface area contributed by atoms with Crippen molar-refractivity contribution in [3.63, 3.8) is 0 Å². The van der Waals surface area contributed by atoms with Crippen LogP contribution in [0.4, 0.5) is 5.69 Å². The van der Waals surface area contributed by atoms with Crippen LogP contribution < -0.4 is 9.64 Å². The van der Waals surface area contributed by atoms with E-state index in [9.17, 15) is 14.4 Å². The molecule has 1 N–H and O–H groups in total. The number of imide groups is 1. The van der Waals surface area contributed by atoms with E-state index < -0.39 is 17.8 Å². The molecule has 1 heterocycles. The van der Waals surface area contributed by atoms with Crippen LogP contribution >= 0.6 is 0 Å². The zero-order chi connectivity index (χ0) is 19.8. The minimum atomic E-state index is -1.15.